The topological polar surface area (TPSA) is 46.6 Å². The molecule has 162 valence electrons. The van der Waals surface area contributed by atoms with Gasteiger partial charge in [0.25, 0.3) is 0 Å². The molecule has 0 N–H and O–H groups in total. The SMILES string of the molecule is Cc1cc2c(cc1Cl)C(=O)CC1(CCN(C(=O)/C=C/c3ccc(C(C)C)cc3)CC1)O2. The van der Waals surface area contributed by atoms with Crippen molar-refractivity contribution in [1.29, 1.82) is 0 Å². The van der Waals surface area contributed by atoms with Gasteiger partial charge in [0, 0.05) is 37.0 Å². The van der Waals surface area contributed by atoms with E-state index in [1.807, 2.05) is 36.1 Å². The lowest BCUT2D eigenvalue weighted by Gasteiger charge is -2.43. The number of ether oxygens (including phenoxy) is 1. The minimum Gasteiger partial charge on any atom is -0.486 e. The molecule has 4 rings (SSSR count). The molecule has 0 aliphatic carbocycles. The van der Waals surface area contributed by atoms with Crippen molar-refractivity contribution in [2.45, 2.75) is 51.6 Å². The van der Waals surface area contributed by atoms with E-state index in [0.717, 1.165) is 11.1 Å². The Morgan fingerprint density at radius 3 is 2.48 bits per heavy atom. The predicted octanol–water partition coefficient (Wildman–Crippen LogP) is 5.81. The van der Waals surface area contributed by atoms with Gasteiger partial charge in [-0.3, -0.25) is 9.59 Å². The highest BCUT2D eigenvalue weighted by molar-refractivity contribution is 6.31. The fraction of sp³-hybridized carbons (Fsp3) is 0.385. The summed E-state index contributed by atoms with van der Waals surface area (Å²) < 4.78 is 6.32. The molecule has 4 nitrogen and oxygen atoms in total. The van der Waals surface area contributed by atoms with Gasteiger partial charge in [-0.1, -0.05) is 49.7 Å². The van der Waals surface area contributed by atoms with Crippen LogP contribution in [-0.4, -0.2) is 35.3 Å². The van der Waals surface area contributed by atoms with Crippen LogP contribution < -0.4 is 4.74 Å². The van der Waals surface area contributed by atoms with Crippen LogP contribution in [0.2, 0.25) is 5.02 Å². The molecular formula is C26H28ClNO3. The molecule has 5 heteroatoms. The molecule has 0 aromatic heterocycles. The molecule has 31 heavy (non-hydrogen) atoms. The summed E-state index contributed by atoms with van der Waals surface area (Å²) in [4.78, 5) is 27.2. The van der Waals surface area contributed by atoms with E-state index in [1.54, 1.807) is 12.1 Å². The molecule has 0 unspecified atom stereocenters. The van der Waals surface area contributed by atoms with Crippen LogP contribution in [0.3, 0.4) is 0 Å². The average molecular weight is 438 g/mol. The van der Waals surface area contributed by atoms with Gasteiger partial charge in [0.1, 0.15) is 11.4 Å². The number of piperidine rings is 1. The number of nitrogens with zero attached hydrogens (tertiary/aromatic N) is 1. The van der Waals surface area contributed by atoms with E-state index in [4.69, 9.17) is 16.3 Å². The van der Waals surface area contributed by atoms with Crippen molar-refractivity contribution in [1.82, 2.24) is 4.90 Å². The number of hydrogen-bond donors (Lipinski definition) is 0. The van der Waals surface area contributed by atoms with E-state index in [2.05, 4.69) is 26.0 Å². The minimum absolute atomic E-state index is 0.00653. The second-order valence-electron chi connectivity index (χ2n) is 8.96. The van der Waals surface area contributed by atoms with Crippen molar-refractivity contribution in [2.24, 2.45) is 0 Å². The van der Waals surface area contributed by atoms with Crippen molar-refractivity contribution < 1.29 is 14.3 Å². The molecule has 2 aromatic carbocycles. The van der Waals surface area contributed by atoms with Crippen LogP contribution in [0.15, 0.2) is 42.5 Å². The van der Waals surface area contributed by atoms with E-state index in [9.17, 15) is 9.59 Å². The molecule has 1 spiro atoms. The Balaban J connectivity index is 1.39. The summed E-state index contributed by atoms with van der Waals surface area (Å²) in [6, 6.07) is 11.8. The maximum atomic E-state index is 12.7. The Hall–Kier alpha value is -2.59. The highest BCUT2D eigenvalue weighted by Crippen LogP contribution is 2.41. The maximum absolute atomic E-state index is 12.7. The first-order valence-electron chi connectivity index (χ1n) is 10.9. The van der Waals surface area contributed by atoms with Gasteiger partial charge in [-0.2, -0.15) is 0 Å². The predicted molar refractivity (Wildman–Crippen MR) is 124 cm³/mol. The van der Waals surface area contributed by atoms with Crippen molar-refractivity contribution in [3.8, 4) is 5.75 Å². The van der Waals surface area contributed by atoms with E-state index >= 15 is 0 Å². The fourth-order valence-corrected chi connectivity index (χ4v) is 4.46. The highest BCUT2D eigenvalue weighted by Gasteiger charge is 2.43. The van der Waals surface area contributed by atoms with E-state index in [1.165, 1.54) is 5.56 Å². The molecule has 2 aliphatic rings. The number of rotatable bonds is 3. The molecular weight excluding hydrogens is 410 g/mol. The standard InChI is InChI=1S/C26H28ClNO3/c1-17(2)20-7-4-19(5-8-20)6-9-25(30)28-12-10-26(11-13-28)16-23(29)21-15-22(27)18(3)14-24(21)31-26/h4-9,14-15,17H,10-13,16H2,1-3H3/b9-6+. The van der Waals surface area contributed by atoms with Crippen LogP contribution >= 0.6 is 11.6 Å². The van der Waals surface area contributed by atoms with Gasteiger partial charge in [-0.15, -0.1) is 0 Å². The van der Waals surface area contributed by atoms with E-state index < -0.39 is 5.60 Å². The van der Waals surface area contributed by atoms with Gasteiger partial charge >= 0.3 is 0 Å². The summed E-state index contributed by atoms with van der Waals surface area (Å²) in [6.07, 6.45) is 5.11. The molecule has 2 aliphatic heterocycles. The Bertz CT molecular complexity index is 1030. The summed E-state index contributed by atoms with van der Waals surface area (Å²) in [5.41, 5.74) is 3.22. The number of Topliss-reactive ketones (excluding diaryl/α,β-unsaturated/α-hetero) is 1. The lowest BCUT2D eigenvalue weighted by molar-refractivity contribution is -0.129. The Morgan fingerprint density at radius 2 is 1.84 bits per heavy atom. The highest BCUT2D eigenvalue weighted by atomic mass is 35.5. The van der Waals surface area contributed by atoms with Gasteiger partial charge < -0.3 is 9.64 Å². The summed E-state index contributed by atoms with van der Waals surface area (Å²) in [7, 11) is 0. The van der Waals surface area contributed by atoms with Crippen LogP contribution in [0, 0.1) is 6.92 Å². The number of ketones is 1. The largest absolute Gasteiger partial charge is 0.486 e. The number of hydrogen-bond acceptors (Lipinski definition) is 3. The van der Waals surface area contributed by atoms with Gasteiger partial charge in [0.05, 0.1) is 12.0 Å². The van der Waals surface area contributed by atoms with Crippen LogP contribution in [0.25, 0.3) is 6.08 Å². The smallest absolute Gasteiger partial charge is 0.246 e. The zero-order chi connectivity index (χ0) is 22.2. The fourth-order valence-electron chi connectivity index (χ4n) is 4.29. The number of aryl methyl sites for hydroxylation is 1. The second kappa shape index (κ2) is 8.51. The number of amides is 1. The minimum atomic E-state index is -0.530. The Labute approximate surface area is 188 Å². The first kappa shape index (κ1) is 21.6. The first-order chi connectivity index (χ1) is 14.8. The Morgan fingerprint density at radius 1 is 1.16 bits per heavy atom. The average Bonchev–Trinajstić information content (AvgIpc) is 2.74. The molecule has 1 saturated heterocycles. The number of carbonyl (C=O) groups excluding carboxylic acids is 2. The van der Waals surface area contributed by atoms with Gasteiger partial charge in [-0.05, 0) is 47.7 Å². The van der Waals surface area contributed by atoms with Crippen molar-refractivity contribution in [3.05, 3.63) is 69.8 Å². The molecule has 0 bridgehead atoms. The summed E-state index contributed by atoms with van der Waals surface area (Å²) in [5.74, 6) is 1.16. The van der Waals surface area contributed by atoms with E-state index in [-0.39, 0.29) is 11.7 Å². The van der Waals surface area contributed by atoms with Crippen LogP contribution in [-0.2, 0) is 4.79 Å². The third kappa shape index (κ3) is 4.54. The second-order valence-corrected chi connectivity index (χ2v) is 9.37. The molecule has 0 atom stereocenters. The van der Waals surface area contributed by atoms with Crippen LogP contribution in [0.1, 0.15) is 66.1 Å². The summed E-state index contributed by atoms with van der Waals surface area (Å²) in [5, 5.41) is 0.581. The van der Waals surface area contributed by atoms with Gasteiger partial charge in [-0.25, -0.2) is 0 Å². The summed E-state index contributed by atoms with van der Waals surface area (Å²) >= 11 is 6.18. The summed E-state index contributed by atoms with van der Waals surface area (Å²) in [6.45, 7) is 7.38. The zero-order valence-electron chi connectivity index (χ0n) is 18.3. The molecule has 0 saturated carbocycles. The molecule has 2 heterocycles. The first-order valence-corrected chi connectivity index (χ1v) is 11.2. The quantitative estimate of drug-likeness (QED) is 0.569. The number of fused-ring (bicyclic) bond motifs is 1. The molecule has 1 fully saturated rings. The number of likely N-dealkylation sites (tertiary alicyclic amines) is 1. The normalized spacial score (nSPS) is 17.8. The third-order valence-electron chi connectivity index (χ3n) is 6.38. The molecule has 2 aromatic rings. The van der Waals surface area contributed by atoms with Gasteiger partial charge in [0.15, 0.2) is 5.78 Å². The Kier molecular flexibility index (Phi) is 5.94. The van der Waals surface area contributed by atoms with Crippen LogP contribution in [0.4, 0.5) is 0 Å². The van der Waals surface area contributed by atoms with E-state index in [0.29, 0.717) is 54.6 Å². The number of halogens is 1. The number of carbonyl (C=O) groups is 2. The maximum Gasteiger partial charge on any atom is 0.246 e. The van der Waals surface area contributed by atoms with Gasteiger partial charge in [0.2, 0.25) is 5.91 Å². The lowest BCUT2D eigenvalue weighted by Crippen LogP contribution is -2.52. The van der Waals surface area contributed by atoms with Crippen LogP contribution in [0.5, 0.6) is 5.75 Å². The third-order valence-corrected chi connectivity index (χ3v) is 6.79. The van der Waals surface area contributed by atoms with Crippen molar-refractivity contribution >= 4 is 29.4 Å². The monoisotopic (exact) mass is 437 g/mol. The van der Waals surface area contributed by atoms with Crippen molar-refractivity contribution in [2.75, 3.05) is 13.1 Å². The van der Waals surface area contributed by atoms with Crippen molar-refractivity contribution in [3.63, 3.8) is 0 Å². The molecule has 0 radical (unpaired) electrons. The molecule has 1 amide bonds. The zero-order valence-corrected chi connectivity index (χ0v) is 19.0. The lowest BCUT2D eigenvalue weighted by atomic mass is 9.82. The number of benzene rings is 2.